The van der Waals surface area contributed by atoms with E-state index < -0.39 is 0 Å². The largest absolute Gasteiger partial charge is 0.352 e. The van der Waals surface area contributed by atoms with Crippen LogP contribution in [0, 0.1) is 12.7 Å². The minimum absolute atomic E-state index is 0.178. The smallest absolute Gasteiger partial charge is 0.270 e. The number of carbonyl (C=O) groups excluding carboxylic acids is 1. The monoisotopic (exact) mass is 302 g/mol. The van der Waals surface area contributed by atoms with Gasteiger partial charge < -0.3 is 10.6 Å². The van der Waals surface area contributed by atoms with Gasteiger partial charge in [-0.15, -0.1) is 0 Å². The maximum Gasteiger partial charge on any atom is 0.270 e. The summed E-state index contributed by atoms with van der Waals surface area (Å²) in [5.41, 5.74) is 1.84. The quantitative estimate of drug-likeness (QED) is 0.891. The number of benzene rings is 1. The van der Waals surface area contributed by atoms with Gasteiger partial charge in [0.15, 0.2) is 0 Å². The standard InChI is InChI=1S/C16H19FN4O/c1-10(2)19-16-20-11(3)8-14(21-16)15(22)18-9-12-4-6-13(17)7-5-12/h4-8,10H,9H2,1-3H3,(H,18,22)(H,19,20,21). The Hall–Kier alpha value is -2.50. The number of anilines is 1. The van der Waals surface area contributed by atoms with E-state index in [1.165, 1.54) is 12.1 Å². The van der Waals surface area contributed by atoms with E-state index in [9.17, 15) is 9.18 Å². The first-order valence-electron chi connectivity index (χ1n) is 7.09. The summed E-state index contributed by atoms with van der Waals surface area (Å²) in [5, 5.41) is 5.84. The minimum Gasteiger partial charge on any atom is -0.352 e. The highest BCUT2D eigenvalue weighted by Gasteiger charge is 2.11. The van der Waals surface area contributed by atoms with Gasteiger partial charge in [-0.3, -0.25) is 4.79 Å². The number of aromatic nitrogens is 2. The number of halogens is 1. The Morgan fingerprint density at radius 1 is 1.23 bits per heavy atom. The first-order valence-corrected chi connectivity index (χ1v) is 7.09. The molecule has 0 saturated carbocycles. The topological polar surface area (TPSA) is 66.9 Å². The van der Waals surface area contributed by atoms with E-state index in [1.54, 1.807) is 18.2 Å². The zero-order valence-corrected chi connectivity index (χ0v) is 12.9. The summed E-state index contributed by atoms with van der Waals surface area (Å²) in [5.74, 6) is -0.158. The van der Waals surface area contributed by atoms with E-state index >= 15 is 0 Å². The molecular weight excluding hydrogens is 283 g/mol. The average molecular weight is 302 g/mol. The summed E-state index contributed by atoms with van der Waals surface area (Å²) in [6.07, 6.45) is 0. The van der Waals surface area contributed by atoms with Crippen molar-refractivity contribution >= 4 is 11.9 Å². The van der Waals surface area contributed by atoms with Gasteiger partial charge in [-0.1, -0.05) is 12.1 Å². The van der Waals surface area contributed by atoms with Gasteiger partial charge in [0, 0.05) is 18.3 Å². The summed E-state index contributed by atoms with van der Waals surface area (Å²) in [6.45, 7) is 6.07. The van der Waals surface area contributed by atoms with Crippen molar-refractivity contribution in [3.05, 3.63) is 53.1 Å². The van der Waals surface area contributed by atoms with Crippen LogP contribution in [0.25, 0.3) is 0 Å². The fraction of sp³-hybridized carbons (Fsp3) is 0.312. The van der Waals surface area contributed by atoms with Gasteiger partial charge in [0.1, 0.15) is 11.5 Å². The first kappa shape index (κ1) is 15.9. The third-order valence-corrected chi connectivity index (χ3v) is 2.87. The Bertz CT molecular complexity index is 656. The van der Waals surface area contributed by atoms with Crippen LogP contribution in [0.15, 0.2) is 30.3 Å². The van der Waals surface area contributed by atoms with E-state index in [2.05, 4.69) is 20.6 Å². The van der Waals surface area contributed by atoms with Crippen molar-refractivity contribution in [2.45, 2.75) is 33.4 Å². The lowest BCUT2D eigenvalue weighted by Crippen LogP contribution is -2.25. The normalized spacial score (nSPS) is 10.6. The average Bonchev–Trinajstić information content (AvgIpc) is 2.45. The SMILES string of the molecule is Cc1cc(C(=O)NCc2ccc(F)cc2)nc(NC(C)C)n1. The van der Waals surface area contributed by atoms with Crippen LogP contribution in [-0.2, 0) is 6.54 Å². The van der Waals surface area contributed by atoms with Crippen LogP contribution >= 0.6 is 0 Å². The zero-order chi connectivity index (χ0) is 16.1. The predicted molar refractivity (Wildman–Crippen MR) is 83.1 cm³/mol. The number of rotatable bonds is 5. The fourth-order valence-electron chi connectivity index (χ4n) is 1.88. The molecule has 0 bridgehead atoms. The molecule has 0 atom stereocenters. The number of nitrogens with one attached hydrogen (secondary N) is 2. The summed E-state index contributed by atoms with van der Waals surface area (Å²) >= 11 is 0. The Balaban J connectivity index is 2.05. The third kappa shape index (κ3) is 4.51. The van der Waals surface area contributed by atoms with Crippen molar-refractivity contribution in [3.63, 3.8) is 0 Å². The molecule has 6 heteroatoms. The molecule has 1 aromatic heterocycles. The highest BCUT2D eigenvalue weighted by Crippen LogP contribution is 2.07. The molecule has 0 spiro atoms. The zero-order valence-electron chi connectivity index (χ0n) is 12.9. The molecule has 116 valence electrons. The summed E-state index contributed by atoms with van der Waals surface area (Å²) in [7, 11) is 0. The van der Waals surface area contributed by atoms with Crippen LogP contribution in [0.2, 0.25) is 0 Å². The van der Waals surface area contributed by atoms with Crippen molar-refractivity contribution in [1.82, 2.24) is 15.3 Å². The number of amides is 1. The van der Waals surface area contributed by atoms with E-state index in [-0.39, 0.29) is 17.8 Å². The lowest BCUT2D eigenvalue weighted by Gasteiger charge is -2.10. The second kappa shape index (κ2) is 6.98. The predicted octanol–water partition coefficient (Wildman–Crippen LogP) is 2.67. The fourth-order valence-corrected chi connectivity index (χ4v) is 1.88. The molecule has 2 N–H and O–H groups in total. The lowest BCUT2D eigenvalue weighted by molar-refractivity contribution is 0.0945. The molecule has 0 aliphatic carbocycles. The first-order chi connectivity index (χ1) is 10.4. The molecule has 0 fully saturated rings. The van der Waals surface area contributed by atoms with E-state index in [4.69, 9.17) is 0 Å². The van der Waals surface area contributed by atoms with Gasteiger partial charge >= 0.3 is 0 Å². The molecule has 2 rings (SSSR count). The highest BCUT2D eigenvalue weighted by molar-refractivity contribution is 5.92. The summed E-state index contributed by atoms with van der Waals surface area (Å²) in [6, 6.07) is 7.80. The van der Waals surface area contributed by atoms with Crippen molar-refractivity contribution in [3.8, 4) is 0 Å². The van der Waals surface area contributed by atoms with Crippen LogP contribution in [-0.4, -0.2) is 21.9 Å². The van der Waals surface area contributed by atoms with Gasteiger partial charge in [0.05, 0.1) is 0 Å². The minimum atomic E-state index is -0.300. The summed E-state index contributed by atoms with van der Waals surface area (Å²) in [4.78, 5) is 20.6. The molecule has 0 saturated heterocycles. The maximum atomic E-state index is 12.8. The number of nitrogens with zero attached hydrogens (tertiary/aromatic N) is 2. The molecule has 5 nitrogen and oxygen atoms in total. The molecule has 22 heavy (non-hydrogen) atoms. The number of hydrogen-bond donors (Lipinski definition) is 2. The van der Waals surface area contributed by atoms with Crippen LogP contribution in [0.3, 0.4) is 0 Å². The van der Waals surface area contributed by atoms with Crippen molar-refractivity contribution in [2.75, 3.05) is 5.32 Å². The van der Waals surface area contributed by atoms with Crippen LogP contribution < -0.4 is 10.6 Å². The highest BCUT2D eigenvalue weighted by atomic mass is 19.1. The molecule has 0 radical (unpaired) electrons. The maximum absolute atomic E-state index is 12.8. The summed E-state index contributed by atoms with van der Waals surface area (Å²) < 4.78 is 12.8. The Labute approximate surface area is 129 Å². The second-order valence-electron chi connectivity index (χ2n) is 5.33. The van der Waals surface area contributed by atoms with E-state index in [0.717, 1.165) is 5.56 Å². The Morgan fingerprint density at radius 3 is 2.55 bits per heavy atom. The molecule has 0 aliphatic rings. The van der Waals surface area contributed by atoms with Gasteiger partial charge in [0.25, 0.3) is 5.91 Å². The van der Waals surface area contributed by atoms with E-state index in [0.29, 0.717) is 23.9 Å². The van der Waals surface area contributed by atoms with Gasteiger partial charge in [-0.05, 0) is 44.5 Å². The van der Waals surface area contributed by atoms with Gasteiger partial charge in [-0.2, -0.15) is 0 Å². The molecule has 2 aromatic rings. The lowest BCUT2D eigenvalue weighted by atomic mass is 10.2. The van der Waals surface area contributed by atoms with Crippen molar-refractivity contribution in [2.24, 2.45) is 0 Å². The van der Waals surface area contributed by atoms with E-state index in [1.807, 2.05) is 20.8 Å². The molecule has 0 unspecified atom stereocenters. The second-order valence-corrected chi connectivity index (χ2v) is 5.33. The molecule has 1 heterocycles. The van der Waals surface area contributed by atoms with Crippen molar-refractivity contribution < 1.29 is 9.18 Å². The Kier molecular flexibility index (Phi) is 5.04. The molecule has 0 aliphatic heterocycles. The molecule has 1 aromatic carbocycles. The molecular formula is C16H19FN4O. The van der Waals surface area contributed by atoms with Crippen LogP contribution in [0.5, 0.6) is 0 Å². The number of hydrogen-bond acceptors (Lipinski definition) is 4. The number of aryl methyl sites for hydroxylation is 1. The Morgan fingerprint density at radius 2 is 1.91 bits per heavy atom. The van der Waals surface area contributed by atoms with Crippen LogP contribution in [0.4, 0.5) is 10.3 Å². The number of carbonyl (C=O) groups is 1. The molecule has 1 amide bonds. The van der Waals surface area contributed by atoms with Crippen molar-refractivity contribution in [1.29, 1.82) is 0 Å². The van der Waals surface area contributed by atoms with Gasteiger partial charge in [0.2, 0.25) is 5.95 Å². The third-order valence-electron chi connectivity index (χ3n) is 2.87. The van der Waals surface area contributed by atoms with Crippen LogP contribution in [0.1, 0.15) is 35.6 Å². The van der Waals surface area contributed by atoms with Gasteiger partial charge in [-0.25, -0.2) is 14.4 Å².